The first kappa shape index (κ1) is 17.8. The quantitative estimate of drug-likeness (QED) is 0.859. The van der Waals surface area contributed by atoms with Gasteiger partial charge in [-0.15, -0.1) is 0 Å². The normalized spacial score (nSPS) is 19.5. The Morgan fingerprint density at radius 1 is 1.27 bits per heavy atom. The number of aryl methyl sites for hydroxylation is 2. The number of aromatic nitrogens is 3. The summed E-state index contributed by atoms with van der Waals surface area (Å²) in [4.78, 5) is 42.0. The smallest absolute Gasteiger partial charge is 0.309 e. The lowest BCUT2D eigenvalue weighted by Gasteiger charge is -2.17. The van der Waals surface area contributed by atoms with Crippen LogP contribution in [0.4, 0.5) is 0 Å². The second-order valence-corrected chi connectivity index (χ2v) is 6.51. The third-order valence-electron chi connectivity index (χ3n) is 4.78. The summed E-state index contributed by atoms with van der Waals surface area (Å²) in [6.07, 6.45) is 1.61. The fourth-order valence-corrected chi connectivity index (χ4v) is 3.17. The van der Waals surface area contributed by atoms with Gasteiger partial charge in [-0.1, -0.05) is 6.07 Å². The summed E-state index contributed by atoms with van der Waals surface area (Å²) in [6.45, 7) is 3.69. The lowest BCUT2D eigenvalue weighted by molar-refractivity contribution is -0.141. The number of carbonyl (C=O) groups excluding carboxylic acids is 1. The van der Waals surface area contributed by atoms with Crippen LogP contribution in [0.2, 0.25) is 0 Å². The average molecular weight is 356 g/mol. The molecule has 1 saturated heterocycles. The summed E-state index contributed by atoms with van der Waals surface area (Å²) in [7, 11) is 0. The van der Waals surface area contributed by atoms with Crippen LogP contribution >= 0.6 is 0 Å². The average Bonchev–Trinajstić information content (AvgIpc) is 3.06. The minimum atomic E-state index is -0.961. The van der Waals surface area contributed by atoms with Crippen LogP contribution in [0, 0.1) is 19.8 Å². The van der Waals surface area contributed by atoms with Gasteiger partial charge in [0.2, 0.25) is 5.91 Å². The molecule has 3 heterocycles. The molecular weight excluding hydrogens is 336 g/mol. The Bertz CT molecular complexity index is 894. The van der Waals surface area contributed by atoms with Gasteiger partial charge >= 0.3 is 5.97 Å². The molecular formula is C18H20N4O4. The van der Waals surface area contributed by atoms with Crippen molar-refractivity contribution >= 4 is 11.9 Å². The van der Waals surface area contributed by atoms with Crippen molar-refractivity contribution in [3.05, 3.63) is 57.8 Å². The van der Waals surface area contributed by atoms with E-state index in [-0.39, 0.29) is 37.0 Å². The van der Waals surface area contributed by atoms with Crippen molar-refractivity contribution in [3.63, 3.8) is 0 Å². The summed E-state index contributed by atoms with van der Waals surface area (Å²) in [5.41, 5.74) is 1.74. The first-order chi connectivity index (χ1) is 12.4. The third-order valence-corrected chi connectivity index (χ3v) is 4.78. The molecule has 3 rings (SSSR count). The minimum Gasteiger partial charge on any atom is -0.481 e. The lowest BCUT2D eigenvalue weighted by atomic mass is 9.93. The van der Waals surface area contributed by atoms with E-state index < -0.39 is 11.9 Å². The molecule has 8 heteroatoms. The van der Waals surface area contributed by atoms with Crippen molar-refractivity contribution in [1.82, 2.24) is 19.7 Å². The van der Waals surface area contributed by atoms with E-state index in [9.17, 15) is 19.5 Å². The zero-order valence-electron chi connectivity index (χ0n) is 14.6. The molecule has 1 aliphatic heterocycles. The molecule has 0 radical (unpaired) electrons. The number of carbonyl (C=O) groups is 2. The largest absolute Gasteiger partial charge is 0.481 e. The number of hydrogen-bond donors (Lipinski definition) is 1. The van der Waals surface area contributed by atoms with Crippen LogP contribution in [-0.2, 0) is 16.1 Å². The van der Waals surface area contributed by atoms with Gasteiger partial charge in [-0.2, -0.15) is 5.10 Å². The number of rotatable bonds is 4. The van der Waals surface area contributed by atoms with Crippen molar-refractivity contribution in [1.29, 1.82) is 0 Å². The van der Waals surface area contributed by atoms with Crippen molar-refractivity contribution in [2.75, 3.05) is 13.1 Å². The number of carboxylic acids is 1. The van der Waals surface area contributed by atoms with Crippen LogP contribution in [-0.4, -0.2) is 49.7 Å². The van der Waals surface area contributed by atoms with Crippen LogP contribution in [0.5, 0.6) is 0 Å². The standard InChI is InChI=1S/C18H20N4O4/c1-11-7-16(23)22(20-12(11)2)10-17(24)21-8-13(14(9-21)18(25)26)15-5-3-4-6-19-15/h3-7,13-14H,8-10H2,1-2H3,(H,25,26)/t13-,14-/m0/s1. The molecule has 0 spiro atoms. The van der Waals surface area contributed by atoms with Gasteiger partial charge < -0.3 is 10.0 Å². The molecule has 2 atom stereocenters. The Morgan fingerprint density at radius 2 is 2.04 bits per heavy atom. The van der Waals surface area contributed by atoms with Crippen LogP contribution in [0.15, 0.2) is 35.3 Å². The maximum atomic E-state index is 12.6. The monoisotopic (exact) mass is 356 g/mol. The second kappa shape index (κ2) is 7.07. The van der Waals surface area contributed by atoms with E-state index in [1.807, 2.05) is 0 Å². The summed E-state index contributed by atoms with van der Waals surface area (Å²) < 4.78 is 1.12. The maximum absolute atomic E-state index is 12.6. The molecule has 1 aliphatic rings. The first-order valence-electron chi connectivity index (χ1n) is 8.33. The van der Waals surface area contributed by atoms with Gasteiger partial charge in [0.05, 0.1) is 11.6 Å². The Hall–Kier alpha value is -3.03. The number of nitrogens with zero attached hydrogens (tertiary/aromatic N) is 4. The van der Waals surface area contributed by atoms with Gasteiger partial charge in [0.25, 0.3) is 5.56 Å². The second-order valence-electron chi connectivity index (χ2n) is 6.51. The highest BCUT2D eigenvalue weighted by molar-refractivity contribution is 5.79. The molecule has 2 aromatic rings. The van der Waals surface area contributed by atoms with E-state index in [0.717, 1.165) is 10.2 Å². The molecule has 0 aliphatic carbocycles. The SMILES string of the molecule is Cc1cc(=O)n(CC(=O)N2C[C@H](C(=O)O)[C@@H](c3ccccn3)C2)nc1C. The Labute approximate surface area is 150 Å². The Balaban J connectivity index is 1.79. The Kier molecular flexibility index (Phi) is 4.83. The van der Waals surface area contributed by atoms with Crippen molar-refractivity contribution in [2.45, 2.75) is 26.3 Å². The molecule has 0 aromatic carbocycles. The fourth-order valence-electron chi connectivity index (χ4n) is 3.17. The van der Waals surface area contributed by atoms with Gasteiger partial charge in [-0.3, -0.25) is 19.4 Å². The van der Waals surface area contributed by atoms with E-state index in [0.29, 0.717) is 11.4 Å². The van der Waals surface area contributed by atoms with Crippen molar-refractivity contribution in [3.8, 4) is 0 Å². The molecule has 136 valence electrons. The number of hydrogen-bond acceptors (Lipinski definition) is 5. The van der Waals surface area contributed by atoms with E-state index in [4.69, 9.17) is 0 Å². The zero-order chi connectivity index (χ0) is 18.8. The van der Waals surface area contributed by atoms with E-state index in [2.05, 4.69) is 10.1 Å². The molecule has 0 saturated carbocycles. The predicted molar refractivity (Wildman–Crippen MR) is 92.7 cm³/mol. The summed E-state index contributed by atoms with van der Waals surface area (Å²) >= 11 is 0. The van der Waals surface area contributed by atoms with Crippen molar-refractivity contribution in [2.24, 2.45) is 5.92 Å². The van der Waals surface area contributed by atoms with Crippen LogP contribution in [0.3, 0.4) is 0 Å². The number of amides is 1. The lowest BCUT2D eigenvalue weighted by Crippen LogP contribution is -2.36. The number of aliphatic carboxylic acids is 1. The number of pyridine rings is 1. The third kappa shape index (κ3) is 3.49. The predicted octanol–water partition coefficient (Wildman–Crippen LogP) is 0.582. The highest BCUT2D eigenvalue weighted by Crippen LogP contribution is 2.31. The molecule has 2 aromatic heterocycles. The minimum absolute atomic E-state index is 0.0923. The van der Waals surface area contributed by atoms with Gasteiger partial charge in [-0.25, -0.2) is 4.68 Å². The molecule has 1 amide bonds. The van der Waals surface area contributed by atoms with E-state index >= 15 is 0 Å². The van der Waals surface area contributed by atoms with Crippen molar-refractivity contribution < 1.29 is 14.7 Å². The topological polar surface area (TPSA) is 105 Å². The Morgan fingerprint density at radius 3 is 2.69 bits per heavy atom. The summed E-state index contributed by atoms with van der Waals surface area (Å²) in [5.74, 6) is -2.38. The molecule has 0 bridgehead atoms. The maximum Gasteiger partial charge on any atom is 0.309 e. The highest BCUT2D eigenvalue weighted by atomic mass is 16.4. The first-order valence-corrected chi connectivity index (χ1v) is 8.33. The highest BCUT2D eigenvalue weighted by Gasteiger charge is 2.41. The summed E-state index contributed by atoms with van der Waals surface area (Å²) in [5, 5.41) is 13.7. The van der Waals surface area contributed by atoms with Gasteiger partial charge in [0.1, 0.15) is 6.54 Å². The van der Waals surface area contributed by atoms with Gasteiger partial charge in [0.15, 0.2) is 0 Å². The van der Waals surface area contributed by atoms with E-state index in [1.54, 1.807) is 38.2 Å². The zero-order valence-corrected chi connectivity index (χ0v) is 14.6. The van der Waals surface area contributed by atoms with Crippen LogP contribution in [0.1, 0.15) is 22.9 Å². The molecule has 0 unspecified atom stereocenters. The molecule has 1 fully saturated rings. The van der Waals surface area contributed by atoms with Gasteiger partial charge in [-0.05, 0) is 31.5 Å². The number of likely N-dealkylation sites (tertiary alicyclic amines) is 1. The molecule has 26 heavy (non-hydrogen) atoms. The van der Waals surface area contributed by atoms with Crippen LogP contribution in [0.25, 0.3) is 0 Å². The van der Waals surface area contributed by atoms with Gasteiger partial charge in [0, 0.05) is 37.0 Å². The fraction of sp³-hybridized carbons (Fsp3) is 0.389. The summed E-state index contributed by atoms with van der Waals surface area (Å²) in [6, 6.07) is 6.76. The van der Waals surface area contributed by atoms with Crippen LogP contribution < -0.4 is 5.56 Å². The molecule has 1 N–H and O–H groups in total. The van der Waals surface area contributed by atoms with E-state index in [1.165, 1.54) is 11.0 Å². The molecule has 8 nitrogen and oxygen atoms in total. The number of carboxylic acid groups (broad SMARTS) is 1.